The van der Waals surface area contributed by atoms with Crippen molar-refractivity contribution in [2.45, 2.75) is 17.3 Å². The molecule has 8 heteroatoms. The minimum Gasteiger partial charge on any atom is -0.461 e. The van der Waals surface area contributed by atoms with Crippen LogP contribution < -0.4 is 5.32 Å². The zero-order valence-electron chi connectivity index (χ0n) is 16.0. The fourth-order valence-corrected chi connectivity index (χ4v) is 3.72. The normalized spacial score (nSPS) is 11.6. The van der Waals surface area contributed by atoms with E-state index in [0.29, 0.717) is 28.0 Å². The number of rotatable bonds is 6. The molecule has 4 aromatic rings. The number of furan rings is 1. The lowest BCUT2D eigenvalue weighted by molar-refractivity contribution is -0.115. The summed E-state index contributed by atoms with van der Waals surface area (Å²) in [6, 6.07) is 22.2. The summed E-state index contributed by atoms with van der Waals surface area (Å²) in [4.78, 5) is 12.8. The van der Waals surface area contributed by atoms with Gasteiger partial charge in [-0.25, -0.2) is 0 Å². The highest BCUT2D eigenvalue weighted by Crippen LogP contribution is 2.30. The molecule has 7 nitrogen and oxygen atoms in total. The predicted molar refractivity (Wildman–Crippen MR) is 114 cm³/mol. The summed E-state index contributed by atoms with van der Waals surface area (Å²) in [5.41, 5.74) is 1.76. The molecule has 0 aliphatic carbocycles. The second kappa shape index (κ2) is 8.68. The second-order valence-electron chi connectivity index (χ2n) is 6.36. The number of aromatic nitrogens is 3. The third kappa shape index (κ3) is 3.97. The average molecular weight is 415 g/mol. The van der Waals surface area contributed by atoms with Crippen LogP contribution in [0.15, 0.2) is 82.6 Å². The summed E-state index contributed by atoms with van der Waals surface area (Å²) in [7, 11) is 0. The molecular formula is C22H17N5O2S. The molecule has 0 saturated carbocycles. The molecule has 1 unspecified atom stereocenters. The maximum Gasteiger partial charge on any atom is 0.237 e. The lowest BCUT2D eigenvalue weighted by Crippen LogP contribution is -2.23. The van der Waals surface area contributed by atoms with Crippen LogP contribution in [-0.4, -0.2) is 25.9 Å². The van der Waals surface area contributed by atoms with Crippen molar-refractivity contribution in [2.75, 3.05) is 5.32 Å². The molecule has 0 bridgehead atoms. The van der Waals surface area contributed by atoms with Crippen LogP contribution >= 0.6 is 11.8 Å². The number of benzene rings is 2. The number of carbonyl (C=O) groups is 1. The molecule has 1 N–H and O–H groups in total. The molecular weight excluding hydrogens is 398 g/mol. The Morgan fingerprint density at radius 1 is 1.10 bits per heavy atom. The van der Waals surface area contributed by atoms with Crippen molar-refractivity contribution in [3.8, 4) is 23.3 Å². The Hall–Kier alpha value is -3.83. The van der Waals surface area contributed by atoms with Crippen molar-refractivity contribution >= 4 is 23.4 Å². The van der Waals surface area contributed by atoms with Gasteiger partial charge in [0.05, 0.1) is 22.8 Å². The van der Waals surface area contributed by atoms with Crippen molar-refractivity contribution in [3.05, 3.63) is 78.6 Å². The van der Waals surface area contributed by atoms with E-state index < -0.39 is 5.25 Å². The predicted octanol–water partition coefficient (Wildman–Crippen LogP) is 4.52. The Bertz CT molecular complexity index is 1200. The van der Waals surface area contributed by atoms with Crippen LogP contribution in [0, 0.1) is 11.3 Å². The first-order chi connectivity index (χ1) is 14.7. The fraction of sp³-hybridized carbons (Fsp3) is 0.0909. The van der Waals surface area contributed by atoms with Gasteiger partial charge in [-0.1, -0.05) is 42.1 Å². The molecule has 2 heterocycles. The molecule has 0 aliphatic rings. The molecule has 0 spiro atoms. The topological polar surface area (TPSA) is 96.7 Å². The lowest BCUT2D eigenvalue weighted by Gasteiger charge is -2.14. The molecule has 0 saturated heterocycles. The van der Waals surface area contributed by atoms with Gasteiger partial charge in [0.25, 0.3) is 0 Å². The molecule has 0 aliphatic heterocycles. The largest absolute Gasteiger partial charge is 0.461 e. The van der Waals surface area contributed by atoms with Gasteiger partial charge in [0, 0.05) is 5.69 Å². The van der Waals surface area contributed by atoms with Crippen LogP contribution in [0.5, 0.6) is 0 Å². The van der Waals surface area contributed by atoms with Gasteiger partial charge in [0.15, 0.2) is 10.9 Å². The number of amides is 1. The first-order valence-electron chi connectivity index (χ1n) is 9.18. The van der Waals surface area contributed by atoms with E-state index >= 15 is 0 Å². The number of nitrogens with one attached hydrogen (secondary N) is 1. The van der Waals surface area contributed by atoms with Gasteiger partial charge in [0.1, 0.15) is 6.07 Å². The summed E-state index contributed by atoms with van der Waals surface area (Å²) >= 11 is 1.28. The number of nitriles is 1. The number of nitrogens with zero attached hydrogens (tertiary/aromatic N) is 4. The number of carbonyl (C=O) groups excluding carboxylic acids is 1. The molecule has 2 aromatic heterocycles. The van der Waals surface area contributed by atoms with Crippen molar-refractivity contribution in [1.82, 2.24) is 14.8 Å². The monoisotopic (exact) mass is 415 g/mol. The standard InChI is InChI=1S/C22H17N5O2S/c1-15(21(28)24-18-11-6-5-8-16(18)14-23)30-22-26-25-20(19-12-7-13-29-19)27(22)17-9-3-2-4-10-17/h2-13,15H,1H3,(H,24,28). The molecule has 1 amide bonds. The SMILES string of the molecule is CC(Sc1nnc(-c2ccco2)n1-c1ccccc1)C(=O)Nc1ccccc1C#N. The Morgan fingerprint density at radius 3 is 2.60 bits per heavy atom. The summed E-state index contributed by atoms with van der Waals surface area (Å²) in [5, 5.41) is 20.7. The van der Waals surface area contributed by atoms with Crippen molar-refractivity contribution in [1.29, 1.82) is 5.26 Å². The number of hydrogen-bond acceptors (Lipinski definition) is 6. The Labute approximate surface area is 177 Å². The van der Waals surface area contributed by atoms with Crippen molar-refractivity contribution in [2.24, 2.45) is 0 Å². The van der Waals surface area contributed by atoms with E-state index in [-0.39, 0.29) is 5.91 Å². The van der Waals surface area contributed by atoms with Gasteiger partial charge >= 0.3 is 0 Å². The molecule has 30 heavy (non-hydrogen) atoms. The Kier molecular flexibility index (Phi) is 5.63. The maximum absolute atomic E-state index is 12.8. The highest BCUT2D eigenvalue weighted by Gasteiger charge is 2.23. The van der Waals surface area contributed by atoms with Crippen LogP contribution in [0.4, 0.5) is 5.69 Å². The van der Waals surface area contributed by atoms with Gasteiger partial charge in [-0.3, -0.25) is 9.36 Å². The number of thioether (sulfide) groups is 1. The highest BCUT2D eigenvalue weighted by molar-refractivity contribution is 8.00. The van der Waals surface area contributed by atoms with E-state index in [1.165, 1.54) is 11.8 Å². The maximum atomic E-state index is 12.8. The van der Waals surface area contributed by atoms with Crippen molar-refractivity contribution in [3.63, 3.8) is 0 Å². The van der Waals surface area contributed by atoms with Crippen LogP contribution in [0.3, 0.4) is 0 Å². The fourth-order valence-electron chi connectivity index (χ4n) is 2.86. The second-order valence-corrected chi connectivity index (χ2v) is 7.67. The molecule has 148 valence electrons. The average Bonchev–Trinajstić information content (AvgIpc) is 3.44. The van der Waals surface area contributed by atoms with Gasteiger partial charge in [-0.15, -0.1) is 10.2 Å². The first-order valence-corrected chi connectivity index (χ1v) is 10.1. The Balaban J connectivity index is 1.61. The zero-order chi connectivity index (χ0) is 20.9. The van der Waals surface area contributed by atoms with Gasteiger partial charge in [-0.05, 0) is 43.3 Å². The number of para-hydroxylation sites is 2. The van der Waals surface area contributed by atoms with E-state index in [1.807, 2.05) is 41.0 Å². The summed E-state index contributed by atoms with van der Waals surface area (Å²) in [5.74, 6) is 0.902. The van der Waals surface area contributed by atoms with E-state index in [0.717, 1.165) is 5.69 Å². The molecule has 0 radical (unpaired) electrons. The van der Waals surface area contributed by atoms with Gasteiger partial charge in [-0.2, -0.15) is 5.26 Å². The van der Waals surface area contributed by atoms with Gasteiger partial charge < -0.3 is 9.73 Å². The molecule has 4 rings (SSSR count). The van der Waals surface area contributed by atoms with Gasteiger partial charge in [0.2, 0.25) is 11.7 Å². The summed E-state index contributed by atoms with van der Waals surface area (Å²) in [6.45, 7) is 1.78. The van der Waals surface area contributed by atoms with Crippen LogP contribution in [0.2, 0.25) is 0 Å². The summed E-state index contributed by atoms with van der Waals surface area (Å²) < 4.78 is 7.37. The molecule has 1 atom stereocenters. The lowest BCUT2D eigenvalue weighted by atomic mass is 10.2. The summed E-state index contributed by atoms with van der Waals surface area (Å²) in [6.07, 6.45) is 1.58. The molecule has 0 fully saturated rings. The van der Waals surface area contributed by atoms with Crippen LogP contribution in [0.1, 0.15) is 12.5 Å². The number of anilines is 1. The zero-order valence-corrected chi connectivity index (χ0v) is 16.8. The van der Waals surface area contributed by atoms with Crippen LogP contribution in [0.25, 0.3) is 17.3 Å². The van der Waals surface area contributed by atoms with E-state index in [9.17, 15) is 10.1 Å². The van der Waals surface area contributed by atoms with E-state index in [4.69, 9.17) is 4.42 Å². The van der Waals surface area contributed by atoms with E-state index in [2.05, 4.69) is 21.6 Å². The van der Waals surface area contributed by atoms with Crippen LogP contribution in [-0.2, 0) is 4.79 Å². The van der Waals surface area contributed by atoms with Crippen molar-refractivity contribution < 1.29 is 9.21 Å². The third-order valence-corrected chi connectivity index (χ3v) is 5.39. The minimum atomic E-state index is -0.479. The quantitative estimate of drug-likeness (QED) is 0.465. The minimum absolute atomic E-state index is 0.232. The Morgan fingerprint density at radius 2 is 1.87 bits per heavy atom. The number of hydrogen-bond donors (Lipinski definition) is 1. The first kappa shape index (κ1) is 19.5. The highest BCUT2D eigenvalue weighted by atomic mass is 32.2. The van der Waals surface area contributed by atoms with E-state index in [1.54, 1.807) is 43.5 Å². The smallest absolute Gasteiger partial charge is 0.237 e. The third-order valence-electron chi connectivity index (χ3n) is 4.35. The molecule has 2 aromatic carbocycles.